The summed E-state index contributed by atoms with van der Waals surface area (Å²) >= 11 is 11.8. The van der Waals surface area contributed by atoms with Crippen LogP contribution in [0, 0.1) is 11.3 Å². The first-order valence-corrected chi connectivity index (χ1v) is 6.51. The van der Waals surface area contributed by atoms with E-state index >= 15 is 0 Å². The molecule has 1 atom stereocenters. The van der Waals surface area contributed by atoms with Crippen LogP contribution in [0.15, 0.2) is 29.5 Å². The Kier molecular flexibility index (Phi) is 4.07. The Hall–Kier alpha value is -2.23. The lowest BCUT2D eigenvalue weighted by Gasteiger charge is -2.33. The fourth-order valence-electron chi connectivity index (χ4n) is 2.08. The van der Waals surface area contributed by atoms with E-state index in [9.17, 15) is 20.0 Å². The second-order valence-electron chi connectivity index (χ2n) is 4.31. The van der Waals surface area contributed by atoms with Crippen LogP contribution < -0.4 is 5.32 Å². The Labute approximate surface area is 130 Å². The number of amides is 3. The van der Waals surface area contributed by atoms with Crippen molar-refractivity contribution >= 4 is 35.3 Å². The minimum Gasteiger partial charge on any atom is -0.465 e. The van der Waals surface area contributed by atoms with Gasteiger partial charge in [0.1, 0.15) is 6.04 Å². The minimum absolute atomic E-state index is 0.121. The van der Waals surface area contributed by atoms with Crippen LogP contribution in [0.4, 0.5) is 9.59 Å². The first-order chi connectivity index (χ1) is 9.86. The van der Waals surface area contributed by atoms with Gasteiger partial charge in [0.15, 0.2) is 0 Å². The lowest BCUT2D eigenvalue weighted by Crippen LogP contribution is -2.49. The van der Waals surface area contributed by atoms with Crippen LogP contribution in [-0.4, -0.2) is 22.1 Å². The summed E-state index contributed by atoms with van der Waals surface area (Å²) in [6.07, 6.45) is -1.47. The summed E-state index contributed by atoms with van der Waals surface area (Å²) in [5, 5.41) is 21.3. The summed E-state index contributed by atoms with van der Waals surface area (Å²) in [5.41, 5.74) is 0.809. The molecule has 0 aliphatic carbocycles. The molecule has 6 nitrogen and oxygen atoms in total. The third-order valence-corrected chi connectivity index (χ3v) is 3.77. The maximum atomic E-state index is 11.9. The third-order valence-electron chi connectivity index (χ3n) is 3.03. The molecule has 8 heteroatoms. The molecule has 1 heterocycles. The molecule has 0 aromatic heterocycles. The molecule has 1 aromatic carbocycles. The smallest absolute Gasteiger partial charge is 0.416 e. The Morgan fingerprint density at radius 1 is 1.43 bits per heavy atom. The van der Waals surface area contributed by atoms with E-state index in [0.717, 1.165) is 0 Å². The molecule has 0 spiro atoms. The summed E-state index contributed by atoms with van der Waals surface area (Å²) in [4.78, 5) is 23.8. The summed E-state index contributed by atoms with van der Waals surface area (Å²) in [6.45, 7) is 1.53. The molecule has 3 amide bonds. The summed E-state index contributed by atoms with van der Waals surface area (Å²) in [5.74, 6) is 0. The zero-order valence-electron chi connectivity index (χ0n) is 10.7. The van der Waals surface area contributed by atoms with Gasteiger partial charge in [0, 0.05) is 5.70 Å². The van der Waals surface area contributed by atoms with Gasteiger partial charge in [0.25, 0.3) is 0 Å². The topological polar surface area (TPSA) is 93.4 Å². The van der Waals surface area contributed by atoms with Gasteiger partial charge in [-0.15, -0.1) is 0 Å². The number of hydrogen-bond donors (Lipinski definition) is 2. The number of imide groups is 1. The van der Waals surface area contributed by atoms with Crippen molar-refractivity contribution < 1.29 is 14.7 Å². The van der Waals surface area contributed by atoms with Gasteiger partial charge in [-0.3, -0.25) is 0 Å². The van der Waals surface area contributed by atoms with E-state index in [1.165, 1.54) is 25.1 Å². The molecule has 0 saturated carbocycles. The van der Waals surface area contributed by atoms with Crippen molar-refractivity contribution in [2.75, 3.05) is 0 Å². The number of hydrogen-bond acceptors (Lipinski definition) is 3. The molecular weight excluding hydrogens is 317 g/mol. The zero-order valence-corrected chi connectivity index (χ0v) is 12.2. The van der Waals surface area contributed by atoms with Gasteiger partial charge in [-0.25, -0.2) is 14.5 Å². The molecule has 1 aliphatic rings. The van der Waals surface area contributed by atoms with E-state index < -0.39 is 18.2 Å². The molecule has 0 saturated heterocycles. The molecule has 2 rings (SSSR count). The van der Waals surface area contributed by atoms with E-state index in [4.69, 9.17) is 23.2 Å². The highest BCUT2D eigenvalue weighted by molar-refractivity contribution is 6.42. The van der Waals surface area contributed by atoms with Gasteiger partial charge in [-0.05, 0) is 24.6 Å². The number of benzene rings is 1. The van der Waals surface area contributed by atoms with E-state index in [2.05, 4.69) is 5.32 Å². The van der Waals surface area contributed by atoms with Crippen molar-refractivity contribution in [3.8, 4) is 6.07 Å². The fourth-order valence-corrected chi connectivity index (χ4v) is 2.39. The van der Waals surface area contributed by atoms with Crippen molar-refractivity contribution in [2.24, 2.45) is 0 Å². The van der Waals surface area contributed by atoms with Gasteiger partial charge in [-0.1, -0.05) is 29.3 Å². The first kappa shape index (κ1) is 15.2. The van der Waals surface area contributed by atoms with Crippen LogP contribution in [0.25, 0.3) is 0 Å². The van der Waals surface area contributed by atoms with Crippen LogP contribution in [0.1, 0.15) is 18.5 Å². The number of carbonyl (C=O) groups is 2. The summed E-state index contributed by atoms with van der Waals surface area (Å²) in [7, 11) is 0. The largest absolute Gasteiger partial charge is 0.465 e. The summed E-state index contributed by atoms with van der Waals surface area (Å²) in [6, 6.07) is 4.49. The zero-order chi connectivity index (χ0) is 15.7. The number of allylic oxidation sites excluding steroid dienone is 1. The standard InChI is InChI=1S/C13H9Cl2N3O3/c1-6-8(5-16)11(18(13(20)21)12(19)17-6)7-2-3-9(14)10(15)4-7/h2-4,11H,1H3,(H,17,19)(H,20,21). The van der Waals surface area contributed by atoms with Gasteiger partial charge in [0.05, 0.1) is 21.7 Å². The monoisotopic (exact) mass is 325 g/mol. The molecular formula is C13H9Cl2N3O3. The normalized spacial score (nSPS) is 18.3. The number of carboxylic acid groups (broad SMARTS) is 1. The number of urea groups is 1. The highest BCUT2D eigenvalue weighted by Gasteiger charge is 2.38. The fraction of sp³-hybridized carbons (Fsp3) is 0.154. The number of nitrogens with zero attached hydrogens (tertiary/aromatic N) is 2. The molecule has 108 valence electrons. The van der Waals surface area contributed by atoms with E-state index in [1.807, 2.05) is 6.07 Å². The van der Waals surface area contributed by atoms with Crippen LogP contribution in [0.5, 0.6) is 0 Å². The minimum atomic E-state index is -1.47. The molecule has 1 aliphatic heterocycles. The second-order valence-corrected chi connectivity index (χ2v) is 5.12. The number of rotatable bonds is 1. The van der Waals surface area contributed by atoms with Crippen molar-refractivity contribution in [3.05, 3.63) is 45.1 Å². The van der Waals surface area contributed by atoms with Crippen LogP contribution in [-0.2, 0) is 0 Å². The highest BCUT2D eigenvalue weighted by Crippen LogP contribution is 2.35. The van der Waals surface area contributed by atoms with Crippen LogP contribution >= 0.6 is 23.2 Å². The second kappa shape index (κ2) is 5.64. The Bertz CT molecular complexity index is 709. The van der Waals surface area contributed by atoms with Gasteiger partial charge < -0.3 is 10.4 Å². The van der Waals surface area contributed by atoms with Gasteiger partial charge in [0.2, 0.25) is 0 Å². The lowest BCUT2D eigenvalue weighted by molar-refractivity contribution is 0.136. The Morgan fingerprint density at radius 2 is 2.10 bits per heavy atom. The number of nitrogens with one attached hydrogen (secondary N) is 1. The average Bonchev–Trinajstić information content (AvgIpc) is 2.40. The van der Waals surface area contributed by atoms with Crippen LogP contribution in [0.3, 0.4) is 0 Å². The molecule has 2 N–H and O–H groups in total. The number of nitriles is 1. The van der Waals surface area contributed by atoms with Gasteiger partial charge in [-0.2, -0.15) is 5.26 Å². The number of halogens is 2. The molecule has 1 aromatic rings. The highest BCUT2D eigenvalue weighted by atomic mass is 35.5. The molecule has 1 unspecified atom stereocenters. The quantitative estimate of drug-likeness (QED) is 0.825. The van der Waals surface area contributed by atoms with Crippen molar-refractivity contribution in [2.45, 2.75) is 13.0 Å². The van der Waals surface area contributed by atoms with E-state index in [1.54, 1.807) is 0 Å². The molecule has 0 radical (unpaired) electrons. The SMILES string of the molecule is CC1=C(C#N)C(c2ccc(Cl)c(Cl)c2)N(C(=O)O)C(=O)N1. The number of carbonyl (C=O) groups excluding carboxylic acids is 1. The molecule has 0 bridgehead atoms. The van der Waals surface area contributed by atoms with Crippen molar-refractivity contribution in [1.82, 2.24) is 10.2 Å². The summed E-state index contributed by atoms with van der Waals surface area (Å²) < 4.78 is 0. The van der Waals surface area contributed by atoms with Gasteiger partial charge >= 0.3 is 12.1 Å². The van der Waals surface area contributed by atoms with E-state index in [0.29, 0.717) is 21.2 Å². The van der Waals surface area contributed by atoms with Crippen LogP contribution in [0.2, 0.25) is 10.0 Å². The molecule has 21 heavy (non-hydrogen) atoms. The lowest BCUT2D eigenvalue weighted by atomic mass is 9.95. The Balaban J connectivity index is 2.65. The Morgan fingerprint density at radius 3 is 2.62 bits per heavy atom. The predicted molar refractivity (Wildman–Crippen MR) is 75.9 cm³/mol. The average molecular weight is 326 g/mol. The van der Waals surface area contributed by atoms with Crippen molar-refractivity contribution in [1.29, 1.82) is 5.26 Å². The van der Waals surface area contributed by atoms with Crippen molar-refractivity contribution in [3.63, 3.8) is 0 Å². The predicted octanol–water partition coefficient (Wildman–Crippen LogP) is 3.54. The first-order valence-electron chi connectivity index (χ1n) is 5.75. The third kappa shape index (κ3) is 2.66. The maximum absolute atomic E-state index is 11.9. The molecule has 0 fully saturated rings. The maximum Gasteiger partial charge on any atom is 0.416 e. The van der Waals surface area contributed by atoms with E-state index in [-0.39, 0.29) is 10.6 Å².